The third kappa shape index (κ3) is 3.54. The number of allylic oxidation sites excluding steroid dienone is 1. The summed E-state index contributed by atoms with van der Waals surface area (Å²) in [5.74, 6) is 0. The molecule has 14 heavy (non-hydrogen) atoms. The first-order valence-corrected chi connectivity index (χ1v) is 4.70. The smallest absolute Gasteiger partial charge is 0.123 e. The highest BCUT2D eigenvalue weighted by Gasteiger charge is 1.89. The minimum atomic E-state index is 0.484. The van der Waals surface area contributed by atoms with E-state index in [-0.39, 0.29) is 0 Å². The molecule has 0 aliphatic carbocycles. The topological polar surface area (TPSA) is 29.1 Å². The third-order valence-electron chi connectivity index (χ3n) is 1.90. The van der Waals surface area contributed by atoms with Gasteiger partial charge in [-0.2, -0.15) is 0 Å². The Balaban J connectivity index is 2.58. The molecule has 74 valence electrons. The van der Waals surface area contributed by atoms with E-state index < -0.39 is 0 Å². The molecule has 0 radical (unpaired) electrons. The van der Waals surface area contributed by atoms with E-state index in [2.05, 4.69) is 17.4 Å². The van der Waals surface area contributed by atoms with Crippen LogP contribution >= 0.6 is 0 Å². The molecule has 0 atom stereocenters. The van der Waals surface area contributed by atoms with Gasteiger partial charge in [-0.05, 0) is 18.2 Å². The highest BCUT2D eigenvalue weighted by atomic mass is 16.1. The molecule has 0 saturated heterocycles. The molecule has 0 heterocycles. The van der Waals surface area contributed by atoms with Crippen LogP contribution in [-0.4, -0.2) is 13.3 Å². The summed E-state index contributed by atoms with van der Waals surface area (Å²) < 4.78 is 0. The average molecular weight is 189 g/mol. The third-order valence-corrected chi connectivity index (χ3v) is 1.90. The Hall–Kier alpha value is -1.41. The second kappa shape index (κ2) is 6.11. The van der Waals surface area contributed by atoms with Crippen molar-refractivity contribution in [2.75, 3.05) is 7.05 Å². The van der Waals surface area contributed by atoms with Gasteiger partial charge in [-0.1, -0.05) is 36.4 Å². The van der Waals surface area contributed by atoms with Crippen molar-refractivity contribution in [1.29, 1.82) is 0 Å². The standard InChI is InChI=1S/C12H15NO/c1-13-10-12-7-5-11(6-8-12)4-2-3-9-14/h2,4-9,13H,3,10H2,1H3. The molecule has 0 spiro atoms. The lowest BCUT2D eigenvalue weighted by Crippen LogP contribution is -2.04. The fourth-order valence-electron chi connectivity index (χ4n) is 1.21. The lowest BCUT2D eigenvalue weighted by atomic mass is 10.1. The normalized spacial score (nSPS) is 10.6. The molecular weight excluding hydrogens is 174 g/mol. The molecule has 0 saturated carbocycles. The molecule has 2 nitrogen and oxygen atoms in total. The largest absolute Gasteiger partial charge is 0.316 e. The molecule has 0 unspecified atom stereocenters. The van der Waals surface area contributed by atoms with Gasteiger partial charge in [-0.25, -0.2) is 0 Å². The van der Waals surface area contributed by atoms with Crippen molar-refractivity contribution >= 4 is 12.4 Å². The molecule has 0 aliphatic heterocycles. The van der Waals surface area contributed by atoms with Crippen molar-refractivity contribution in [3.05, 3.63) is 41.5 Å². The van der Waals surface area contributed by atoms with Gasteiger partial charge in [0.15, 0.2) is 0 Å². The predicted octanol–water partition coefficient (Wildman–Crippen LogP) is 2.01. The molecule has 0 fully saturated rings. The number of carbonyl (C=O) groups is 1. The van der Waals surface area contributed by atoms with Crippen molar-refractivity contribution in [3.63, 3.8) is 0 Å². The van der Waals surface area contributed by atoms with Gasteiger partial charge < -0.3 is 10.1 Å². The minimum Gasteiger partial charge on any atom is -0.316 e. The van der Waals surface area contributed by atoms with Crippen LogP contribution in [0.5, 0.6) is 0 Å². The summed E-state index contributed by atoms with van der Waals surface area (Å²) in [6.07, 6.45) is 5.20. The maximum atomic E-state index is 10.1. The highest BCUT2D eigenvalue weighted by molar-refractivity contribution is 5.57. The highest BCUT2D eigenvalue weighted by Crippen LogP contribution is 2.06. The monoisotopic (exact) mass is 189 g/mol. The van der Waals surface area contributed by atoms with Crippen molar-refractivity contribution in [2.24, 2.45) is 0 Å². The van der Waals surface area contributed by atoms with Gasteiger partial charge in [0.1, 0.15) is 6.29 Å². The second-order valence-electron chi connectivity index (χ2n) is 3.08. The molecule has 0 aromatic heterocycles. The molecule has 1 aromatic carbocycles. The van der Waals surface area contributed by atoms with Crippen molar-refractivity contribution in [3.8, 4) is 0 Å². The maximum absolute atomic E-state index is 10.1. The van der Waals surface area contributed by atoms with Gasteiger partial charge in [0.05, 0.1) is 0 Å². The Labute approximate surface area is 84.6 Å². The average Bonchev–Trinajstić information content (AvgIpc) is 2.21. The molecule has 1 aromatic rings. The van der Waals surface area contributed by atoms with E-state index in [9.17, 15) is 4.79 Å². The Morgan fingerprint density at radius 1 is 1.29 bits per heavy atom. The van der Waals surface area contributed by atoms with Crippen LogP contribution in [0.25, 0.3) is 6.08 Å². The van der Waals surface area contributed by atoms with Crippen LogP contribution in [0.4, 0.5) is 0 Å². The quantitative estimate of drug-likeness (QED) is 0.718. The zero-order chi connectivity index (χ0) is 10.2. The number of nitrogens with one attached hydrogen (secondary N) is 1. The summed E-state index contributed by atoms with van der Waals surface area (Å²) >= 11 is 0. The van der Waals surface area contributed by atoms with Crippen LogP contribution in [0.15, 0.2) is 30.3 Å². The van der Waals surface area contributed by atoms with E-state index in [4.69, 9.17) is 0 Å². The summed E-state index contributed by atoms with van der Waals surface area (Å²) in [5, 5.41) is 3.09. The Morgan fingerprint density at radius 3 is 2.57 bits per heavy atom. The van der Waals surface area contributed by atoms with Crippen LogP contribution < -0.4 is 5.32 Å². The van der Waals surface area contributed by atoms with Crippen LogP contribution in [0.3, 0.4) is 0 Å². The zero-order valence-electron chi connectivity index (χ0n) is 8.36. The van der Waals surface area contributed by atoms with Crippen molar-refractivity contribution in [1.82, 2.24) is 5.32 Å². The molecule has 0 bridgehead atoms. The summed E-state index contributed by atoms with van der Waals surface area (Å²) in [5.41, 5.74) is 2.40. The van der Waals surface area contributed by atoms with Crippen LogP contribution in [-0.2, 0) is 11.3 Å². The fourth-order valence-corrected chi connectivity index (χ4v) is 1.21. The van der Waals surface area contributed by atoms with E-state index in [1.165, 1.54) is 5.56 Å². The van der Waals surface area contributed by atoms with E-state index in [0.29, 0.717) is 6.42 Å². The first-order chi connectivity index (χ1) is 6.86. The molecule has 0 amide bonds. The lowest BCUT2D eigenvalue weighted by molar-refractivity contribution is -0.107. The number of aldehydes is 1. The summed E-state index contributed by atoms with van der Waals surface area (Å²) in [7, 11) is 1.93. The maximum Gasteiger partial charge on any atom is 0.123 e. The number of carbonyl (C=O) groups excluding carboxylic acids is 1. The Bertz CT molecular complexity index is 301. The lowest BCUT2D eigenvalue weighted by Gasteiger charge is -1.99. The summed E-state index contributed by atoms with van der Waals surface area (Å²) in [6, 6.07) is 8.26. The first-order valence-electron chi connectivity index (χ1n) is 4.70. The number of benzene rings is 1. The summed E-state index contributed by atoms with van der Waals surface area (Å²) in [4.78, 5) is 10.1. The van der Waals surface area contributed by atoms with Gasteiger partial charge in [0, 0.05) is 13.0 Å². The molecule has 0 aliphatic rings. The van der Waals surface area contributed by atoms with Gasteiger partial charge in [-0.3, -0.25) is 0 Å². The number of hydrogen-bond acceptors (Lipinski definition) is 2. The Kier molecular flexibility index (Phi) is 4.65. The van der Waals surface area contributed by atoms with Gasteiger partial charge >= 0.3 is 0 Å². The number of hydrogen-bond donors (Lipinski definition) is 1. The SMILES string of the molecule is CNCc1ccc(C=CCC=O)cc1. The van der Waals surface area contributed by atoms with Gasteiger partial charge in [-0.15, -0.1) is 0 Å². The van der Waals surface area contributed by atoms with Gasteiger partial charge in [0.2, 0.25) is 0 Å². The fraction of sp³-hybridized carbons (Fsp3) is 0.250. The number of rotatable bonds is 5. The van der Waals surface area contributed by atoms with E-state index in [1.54, 1.807) is 0 Å². The molecule has 2 heteroatoms. The zero-order valence-corrected chi connectivity index (χ0v) is 8.36. The van der Waals surface area contributed by atoms with E-state index in [0.717, 1.165) is 18.4 Å². The molecule has 1 rings (SSSR count). The first kappa shape index (κ1) is 10.7. The molecular formula is C12H15NO. The van der Waals surface area contributed by atoms with Crippen LogP contribution in [0.2, 0.25) is 0 Å². The summed E-state index contributed by atoms with van der Waals surface area (Å²) in [6.45, 7) is 0.887. The van der Waals surface area contributed by atoms with Crippen LogP contribution in [0.1, 0.15) is 17.5 Å². The van der Waals surface area contributed by atoms with Crippen molar-refractivity contribution < 1.29 is 4.79 Å². The minimum absolute atomic E-state index is 0.484. The van der Waals surface area contributed by atoms with Crippen LogP contribution in [0, 0.1) is 0 Å². The van der Waals surface area contributed by atoms with E-state index >= 15 is 0 Å². The second-order valence-corrected chi connectivity index (χ2v) is 3.08. The molecule has 1 N–H and O–H groups in total. The van der Waals surface area contributed by atoms with E-state index in [1.807, 2.05) is 31.3 Å². The van der Waals surface area contributed by atoms with Gasteiger partial charge in [0.25, 0.3) is 0 Å². The Morgan fingerprint density at radius 2 is 2.00 bits per heavy atom. The van der Waals surface area contributed by atoms with Crippen molar-refractivity contribution in [2.45, 2.75) is 13.0 Å². The predicted molar refractivity (Wildman–Crippen MR) is 58.9 cm³/mol.